The highest BCUT2D eigenvalue weighted by Crippen LogP contribution is 2.52. The molecule has 3 atom stereocenters. The van der Waals surface area contributed by atoms with Crippen LogP contribution < -0.4 is 5.32 Å². The molecule has 1 aromatic carbocycles. The third-order valence-electron chi connectivity index (χ3n) is 4.83. The van der Waals surface area contributed by atoms with Crippen molar-refractivity contribution in [3.05, 3.63) is 28.2 Å². The van der Waals surface area contributed by atoms with E-state index in [0.717, 1.165) is 6.61 Å². The number of rotatable bonds is 2. The maximum absolute atomic E-state index is 5.95. The molecule has 1 saturated carbocycles. The summed E-state index contributed by atoms with van der Waals surface area (Å²) in [6.07, 6.45) is 2.93. The number of ether oxygens (including phenoxy) is 1. The average molecular weight is 324 g/mol. The van der Waals surface area contributed by atoms with Gasteiger partial charge in [0.1, 0.15) is 0 Å². The maximum Gasteiger partial charge on any atom is 0.0693 e. The van der Waals surface area contributed by atoms with Gasteiger partial charge in [-0.1, -0.05) is 35.8 Å². The molecule has 0 aromatic heterocycles. The van der Waals surface area contributed by atoms with Crippen LogP contribution >= 0.6 is 15.9 Å². The number of hydrogen-bond donors (Lipinski definition) is 1. The normalized spacial score (nSPS) is 32.3. The Morgan fingerprint density at radius 1 is 1.37 bits per heavy atom. The van der Waals surface area contributed by atoms with Crippen LogP contribution in [0.3, 0.4) is 0 Å². The highest BCUT2D eigenvalue weighted by molar-refractivity contribution is 9.10. The molecule has 2 fully saturated rings. The number of nitrogens with one attached hydrogen (secondary N) is 1. The van der Waals surface area contributed by atoms with E-state index in [0.29, 0.717) is 18.1 Å². The molecule has 1 aromatic rings. The topological polar surface area (TPSA) is 21.3 Å². The van der Waals surface area contributed by atoms with Gasteiger partial charge in [-0.25, -0.2) is 0 Å². The zero-order chi connectivity index (χ0) is 13.6. The minimum atomic E-state index is 0.225. The van der Waals surface area contributed by atoms with Crippen molar-refractivity contribution in [3.63, 3.8) is 0 Å². The van der Waals surface area contributed by atoms with Gasteiger partial charge in [0.25, 0.3) is 0 Å². The van der Waals surface area contributed by atoms with Gasteiger partial charge in [-0.05, 0) is 37.5 Å². The lowest BCUT2D eigenvalue weighted by Crippen LogP contribution is -2.67. The summed E-state index contributed by atoms with van der Waals surface area (Å²) in [5.74, 6) is 0.670. The molecule has 0 spiro atoms. The Balaban J connectivity index is 1.77. The number of halogens is 1. The monoisotopic (exact) mass is 323 g/mol. The molecule has 3 rings (SSSR count). The molecule has 0 amide bonds. The van der Waals surface area contributed by atoms with E-state index in [1.54, 1.807) is 0 Å². The Bertz CT molecular complexity index is 486. The second-order valence-corrected chi connectivity index (χ2v) is 7.36. The van der Waals surface area contributed by atoms with E-state index >= 15 is 0 Å². The third-order valence-corrected chi connectivity index (χ3v) is 5.68. The van der Waals surface area contributed by atoms with Crippen LogP contribution in [0.2, 0.25) is 0 Å². The number of hydrogen-bond acceptors (Lipinski definition) is 2. The minimum Gasteiger partial charge on any atom is -0.381 e. The zero-order valence-electron chi connectivity index (χ0n) is 11.9. The first kappa shape index (κ1) is 13.4. The Morgan fingerprint density at radius 3 is 2.89 bits per heavy atom. The number of aryl methyl sites for hydroxylation is 1. The van der Waals surface area contributed by atoms with Crippen molar-refractivity contribution in [1.29, 1.82) is 0 Å². The first-order valence-electron chi connectivity index (χ1n) is 7.14. The molecule has 1 saturated heterocycles. The Labute approximate surface area is 124 Å². The Kier molecular flexibility index (Phi) is 3.38. The van der Waals surface area contributed by atoms with Crippen molar-refractivity contribution in [2.24, 2.45) is 11.3 Å². The molecule has 3 unspecified atom stereocenters. The SMILES string of the molecule is Cc1ccc(NC2C3CCCOC3C2(C)C)cc1Br. The van der Waals surface area contributed by atoms with E-state index < -0.39 is 0 Å². The van der Waals surface area contributed by atoms with Gasteiger partial charge in [-0.2, -0.15) is 0 Å². The van der Waals surface area contributed by atoms with Crippen LogP contribution in [-0.4, -0.2) is 18.8 Å². The molecular formula is C16H22BrNO. The summed E-state index contributed by atoms with van der Waals surface area (Å²) in [6.45, 7) is 7.69. The lowest BCUT2D eigenvalue weighted by atomic mass is 9.55. The summed E-state index contributed by atoms with van der Waals surface area (Å²) >= 11 is 3.61. The van der Waals surface area contributed by atoms with Crippen molar-refractivity contribution >= 4 is 21.6 Å². The van der Waals surface area contributed by atoms with Gasteiger partial charge in [-0.3, -0.25) is 0 Å². The average Bonchev–Trinajstić information content (AvgIpc) is 2.40. The molecule has 104 valence electrons. The number of benzene rings is 1. The minimum absolute atomic E-state index is 0.225. The van der Waals surface area contributed by atoms with Crippen LogP contribution in [0.15, 0.2) is 22.7 Å². The molecule has 0 bridgehead atoms. The molecule has 19 heavy (non-hydrogen) atoms. The summed E-state index contributed by atoms with van der Waals surface area (Å²) in [6, 6.07) is 7.04. The van der Waals surface area contributed by atoms with Crippen molar-refractivity contribution in [1.82, 2.24) is 0 Å². The molecule has 1 aliphatic heterocycles. The molecule has 0 radical (unpaired) electrons. The van der Waals surface area contributed by atoms with E-state index in [9.17, 15) is 0 Å². The quantitative estimate of drug-likeness (QED) is 0.872. The number of anilines is 1. The third kappa shape index (κ3) is 2.21. The smallest absolute Gasteiger partial charge is 0.0693 e. The summed E-state index contributed by atoms with van der Waals surface area (Å²) in [4.78, 5) is 0. The van der Waals surface area contributed by atoms with Gasteiger partial charge < -0.3 is 10.1 Å². The van der Waals surface area contributed by atoms with Crippen LogP contribution in [0.25, 0.3) is 0 Å². The lowest BCUT2D eigenvalue weighted by Gasteiger charge is -2.60. The van der Waals surface area contributed by atoms with E-state index in [4.69, 9.17) is 4.74 Å². The molecule has 1 heterocycles. The van der Waals surface area contributed by atoms with Crippen LogP contribution in [-0.2, 0) is 4.74 Å². The van der Waals surface area contributed by atoms with E-state index in [1.165, 1.54) is 28.6 Å². The summed E-state index contributed by atoms with van der Waals surface area (Å²) in [5.41, 5.74) is 2.71. The predicted molar refractivity (Wildman–Crippen MR) is 82.5 cm³/mol. The summed E-state index contributed by atoms with van der Waals surface area (Å²) in [5, 5.41) is 3.73. The van der Waals surface area contributed by atoms with Gasteiger partial charge in [-0.15, -0.1) is 0 Å². The molecular weight excluding hydrogens is 302 g/mol. The van der Waals surface area contributed by atoms with E-state index in [-0.39, 0.29) is 5.41 Å². The molecule has 3 heteroatoms. The van der Waals surface area contributed by atoms with Gasteiger partial charge in [0.2, 0.25) is 0 Å². The Hall–Kier alpha value is -0.540. The fourth-order valence-electron chi connectivity index (χ4n) is 3.68. The second kappa shape index (κ2) is 4.78. The summed E-state index contributed by atoms with van der Waals surface area (Å²) < 4.78 is 7.13. The molecule has 2 aliphatic rings. The second-order valence-electron chi connectivity index (χ2n) is 6.50. The van der Waals surface area contributed by atoms with Crippen molar-refractivity contribution in [3.8, 4) is 0 Å². The molecule has 1 aliphatic carbocycles. The number of fused-ring (bicyclic) bond motifs is 1. The first-order valence-corrected chi connectivity index (χ1v) is 7.94. The van der Waals surface area contributed by atoms with E-state index in [1.807, 2.05) is 0 Å². The fourth-order valence-corrected chi connectivity index (χ4v) is 4.06. The summed E-state index contributed by atoms with van der Waals surface area (Å²) in [7, 11) is 0. The first-order chi connectivity index (χ1) is 9.00. The van der Waals surface area contributed by atoms with Gasteiger partial charge in [0.05, 0.1) is 6.10 Å². The van der Waals surface area contributed by atoms with Gasteiger partial charge in [0, 0.05) is 34.1 Å². The predicted octanol–water partition coefficient (Wildman–Crippen LogP) is 4.37. The van der Waals surface area contributed by atoms with Crippen LogP contribution in [0.5, 0.6) is 0 Å². The fraction of sp³-hybridized carbons (Fsp3) is 0.625. The standard InChI is InChI=1S/C16H22BrNO/c1-10-6-7-11(9-13(10)17)18-14-12-5-4-8-19-15(12)16(14,2)3/h6-7,9,12,14-15,18H,4-5,8H2,1-3H3. The van der Waals surface area contributed by atoms with Crippen molar-refractivity contribution in [2.45, 2.75) is 45.8 Å². The van der Waals surface area contributed by atoms with Crippen molar-refractivity contribution < 1.29 is 4.74 Å². The van der Waals surface area contributed by atoms with Gasteiger partial charge in [0.15, 0.2) is 0 Å². The molecule has 2 nitrogen and oxygen atoms in total. The zero-order valence-corrected chi connectivity index (χ0v) is 13.5. The van der Waals surface area contributed by atoms with Crippen LogP contribution in [0.4, 0.5) is 5.69 Å². The van der Waals surface area contributed by atoms with E-state index in [2.05, 4.69) is 60.2 Å². The maximum atomic E-state index is 5.95. The highest BCUT2D eigenvalue weighted by atomic mass is 79.9. The van der Waals surface area contributed by atoms with Gasteiger partial charge >= 0.3 is 0 Å². The molecule has 1 N–H and O–H groups in total. The Morgan fingerprint density at radius 2 is 2.16 bits per heavy atom. The van der Waals surface area contributed by atoms with Crippen molar-refractivity contribution in [2.75, 3.05) is 11.9 Å². The van der Waals surface area contributed by atoms with Crippen LogP contribution in [0, 0.1) is 18.3 Å². The lowest BCUT2D eigenvalue weighted by molar-refractivity contribution is -0.177. The van der Waals surface area contributed by atoms with Crippen LogP contribution in [0.1, 0.15) is 32.3 Å². The highest BCUT2D eigenvalue weighted by Gasteiger charge is 2.57. The largest absolute Gasteiger partial charge is 0.381 e.